The van der Waals surface area contributed by atoms with Crippen molar-refractivity contribution in [2.45, 2.75) is 19.3 Å². The van der Waals surface area contributed by atoms with Crippen LogP contribution in [0.25, 0.3) is 11.4 Å². The first kappa shape index (κ1) is 14.8. The highest BCUT2D eigenvalue weighted by atomic mass is 16.5. The Labute approximate surface area is 121 Å². The van der Waals surface area contributed by atoms with Crippen molar-refractivity contribution in [3.63, 3.8) is 0 Å². The van der Waals surface area contributed by atoms with Crippen molar-refractivity contribution in [2.24, 2.45) is 0 Å². The first-order valence-corrected chi connectivity index (χ1v) is 6.39. The Hall–Kier alpha value is -2.57. The lowest BCUT2D eigenvalue weighted by molar-refractivity contribution is -0.305. The molecule has 0 unspecified atom stereocenters. The van der Waals surface area contributed by atoms with E-state index < -0.39 is 5.97 Å². The van der Waals surface area contributed by atoms with Crippen LogP contribution in [0.5, 0.6) is 11.5 Å². The van der Waals surface area contributed by atoms with Gasteiger partial charge in [0.1, 0.15) is 0 Å². The van der Waals surface area contributed by atoms with E-state index >= 15 is 0 Å². The second-order valence-electron chi connectivity index (χ2n) is 4.31. The van der Waals surface area contributed by atoms with Crippen LogP contribution in [0.3, 0.4) is 0 Å². The van der Waals surface area contributed by atoms with Crippen LogP contribution < -0.4 is 14.6 Å². The molecule has 0 bridgehead atoms. The summed E-state index contributed by atoms with van der Waals surface area (Å²) in [6.07, 6.45) is 0.762. The molecular formula is C14H15N2O5-. The lowest BCUT2D eigenvalue weighted by atomic mass is 10.2. The van der Waals surface area contributed by atoms with Crippen molar-refractivity contribution in [3.8, 4) is 22.9 Å². The first-order chi connectivity index (χ1) is 10.1. The molecule has 1 aromatic carbocycles. The number of aliphatic carboxylic acids is 1. The molecule has 0 saturated heterocycles. The minimum absolute atomic E-state index is 0.0337. The molecule has 0 aliphatic heterocycles. The number of carboxylic acid groups (broad SMARTS) is 1. The van der Waals surface area contributed by atoms with Crippen LogP contribution in [0, 0.1) is 0 Å². The molecule has 21 heavy (non-hydrogen) atoms. The molecule has 0 fully saturated rings. The van der Waals surface area contributed by atoms with Gasteiger partial charge in [-0.3, -0.25) is 0 Å². The number of nitrogens with zero attached hydrogens (tertiary/aromatic N) is 2. The monoisotopic (exact) mass is 291 g/mol. The van der Waals surface area contributed by atoms with Gasteiger partial charge in [0, 0.05) is 18.0 Å². The fourth-order valence-electron chi connectivity index (χ4n) is 1.83. The Morgan fingerprint density at radius 2 is 2.05 bits per heavy atom. The van der Waals surface area contributed by atoms with Crippen LogP contribution in [0.2, 0.25) is 0 Å². The molecule has 1 heterocycles. The second-order valence-corrected chi connectivity index (χ2v) is 4.31. The van der Waals surface area contributed by atoms with Crippen molar-refractivity contribution in [1.29, 1.82) is 0 Å². The lowest BCUT2D eigenvalue weighted by Gasteiger charge is -2.07. The molecule has 0 N–H and O–H groups in total. The second kappa shape index (κ2) is 6.74. The van der Waals surface area contributed by atoms with Gasteiger partial charge in [0.2, 0.25) is 11.7 Å². The van der Waals surface area contributed by atoms with E-state index in [-0.39, 0.29) is 6.42 Å². The molecule has 7 nitrogen and oxygen atoms in total. The van der Waals surface area contributed by atoms with Crippen LogP contribution in [0.15, 0.2) is 22.7 Å². The van der Waals surface area contributed by atoms with Gasteiger partial charge in [-0.1, -0.05) is 5.16 Å². The van der Waals surface area contributed by atoms with Crippen molar-refractivity contribution in [1.82, 2.24) is 10.1 Å². The third-order valence-electron chi connectivity index (χ3n) is 2.88. The normalized spacial score (nSPS) is 10.4. The minimum Gasteiger partial charge on any atom is -0.550 e. The lowest BCUT2D eigenvalue weighted by Crippen LogP contribution is -2.21. The summed E-state index contributed by atoms with van der Waals surface area (Å²) in [5, 5.41) is 14.2. The first-order valence-electron chi connectivity index (χ1n) is 6.39. The van der Waals surface area contributed by atoms with E-state index in [0.717, 1.165) is 5.56 Å². The van der Waals surface area contributed by atoms with E-state index in [9.17, 15) is 9.90 Å². The zero-order valence-electron chi connectivity index (χ0n) is 11.8. The maximum atomic E-state index is 10.3. The van der Waals surface area contributed by atoms with E-state index in [1.807, 2.05) is 0 Å². The number of rotatable bonds is 7. The molecular weight excluding hydrogens is 276 g/mol. The van der Waals surface area contributed by atoms with Crippen LogP contribution >= 0.6 is 0 Å². The molecule has 2 rings (SSSR count). The maximum absolute atomic E-state index is 10.3. The van der Waals surface area contributed by atoms with Gasteiger partial charge in [0.15, 0.2) is 11.5 Å². The summed E-state index contributed by atoms with van der Waals surface area (Å²) in [6.45, 7) is 0. The van der Waals surface area contributed by atoms with Gasteiger partial charge < -0.3 is 23.9 Å². The number of benzene rings is 1. The maximum Gasteiger partial charge on any atom is 0.226 e. The third kappa shape index (κ3) is 3.71. The quantitative estimate of drug-likeness (QED) is 0.745. The molecule has 0 saturated carbocycles. The summed E-state index contributed by atoms with van der Waals surface area (Å²) in [7, 11) is 3.10. The number of methoxy groups -OCH3 is 2. The molecule has 0 radical (unpaired) electrons. The number of hydrogen-bond donors (Lipinski definition) is 0. The highest BCUT2D eigenvalue weighted by molar-refractivity contribution is 5.64. The fourth-order valence-corrected chi connectivity index (χ4v) is 1.83. The Morgan fingerprint density at radius 3 is 2.71 bits per heavy atom. The molecule has 0 atom stereocenters. The molecule has 0 amide bonds. The molecule has 0 spiro atoms. The standard InChI is InChI=1S/C14H16N2O5/c1-19-10-7-6-9(8-11(10)20-2)14-15-12(21-16-14)4-3-5-13(17)18/h6-8H,3-5H2,1-2H3,(H,17,18)/p-1. The third-order valence-corrected chi connectivity index (χ3v) is 2.88. The number of carboxylic acids is 1. The predicted molar refractivity (Wildman–Crippen MR) is 70.8 cm³/mol. The topological polar surface area (TPSA) is 97.5 Å². The van der Waals surface area contributed by atoms with Crippen molar-refractivity contribution < 1.29 is 23.9 Å². The largest absolute Gasteiger partial charge is 0.550 e. The van der Waals surface area contributed by atoms with Gasteiger partial charge in [-0.15, -0.1) is 0 Å². The van der Waals surface area contributed by atoms with Gasteiger partial charge in [-0.25, -0.2) is 0 Å². The Bertz CT molecular complexity index is 624. The molecule has 1 aromatic heterocycles. The molecule has 2 aromatic rings. The molecule has 112 valence electrons. The number of carbonyl (C=O) groups is 1. The summed E-state index contributed by atoms with van der Waals surface area (Å²) < 4.78 is 15.5. The summed E-state index contributed by atoms with van der Waals surface area (Å²) in [4.78, 5) is 14.6. The number of aromatic nitrogens is 2. The number of aryl methyl sites for hydroxylation is 1. The predicted octanol–water partition coefficient (Wildman–Crippen LogP) is 0.826. The number of hydrogen-bond acceptors (Lipinski definition) is 7. The van der Waals surface area contributed by atoms with Gasteiger partial charge in [-0.05, 0) is 31.0 Å². The molecule has 7 heteroatoms. The summed E-state index contributed by atoms with van der Waals surface area (Å²) in [6, 6.07) is 5.28. The van der Waals surface area contributed by atoms with E-state index in [0.29, 0.717) is 36.1 Å². The van der Waals surface area contributed by atoms with E-state index in [4.69, 9.17) is 14.0 Å². The zero-order valence-corrected chi connectivity index (χ0v) is 11.8. The van der Waals surface area contributed by atoms with Crippen LogP contribution in [0.4, 0.5) is 0 Å². The summed E-state index contributed by atoms with van der Waals surface area (Å²) in [5.41, 5.74) is 0.725. The number of ether oxygens (including phenoxy) is 2. The molecule has 0 aliphatic carbocycles. The van der Waals surface area contributed by atoms with E-state index in [1.54, 1.807) is 32.4 Å². The smallest absolute Gasteiger partial charge is 0.226 e. The van der Waals surface area contributed by atoms with Crippen LogP contribution in [-0.2, 0) is 11.2 Å². The Morgan fingerprint density at radius 1 is 1.29 bits per heavy atom. The van der Waals surface area contributed by atoms with Crippen LogP contribution in [0.1, 0.15) is 18.7 Å². The highest BCUT2D eigenvalue weighted by Crippen LogP contribution is 2.31. The average Bonchev–Trinajstić information content (AvgIpc) is 2.95. The SMILES string of the molecule is COc1ccc(-c2noc(CCCC(=O)[O-])n2)cc1OC. The summed E-state index contributed by atoms with van der Waals surface area (Å²) >= 11 is 0. The van der Waals surface area contributed by atoms with Gasteiger partial charge in [0.05, 0.1) is 14.2 Å². The fraction of sp³-hybridized carbons (Fsp3) is 0.357. The Kier molecular flexibility index (Phi) is 4.76. The molecule has 0 aliphatic rings. The minimum atomic E-state index is -1.09. The highest BCUT2D eigenvalue weighted by Gasteiger charge is 2.11. The number of carbonyl (C=O) groups excluding carboxylic acids is 1. The van der Waals surface area contributed by atoms with Crippen LogP contribution in [-0.4, -0.2) is 30.3 Å². The van der Waals surface area contributed by atoms with Crippen molar-refractivity contribution in [2.75, 3.05) is 14.2 Å². The van der Waals surface area contributed by atoms with Gasteiger partial charge in [0.25, 0.3) is 0 Å². The van der Waals surface area contributed by atoms with Gasteiger partial charge >= 0.3 is 0 Å². The van der Waals surface area contributed by atoms with Crippen molar-refractivity contribution >= 4 is 5.97 Å². The van der Waals surface area contributed by atoms with Gasteiger partial charge in [-0.2, -0.15) is 4.98 Å². The van der Waals surface area contributed by atoms with E-state index in [1.165, 1.54) is 0 Å². The average molecular weight is 291 g/mol. The Balaban J connectivity index is 2.12. The zero-order chi connectivity index (χ0) is 15.2. The van der Waals surface area contributed by atoms with Crippen molar-refractivity contribution in [3.05, 3.63) is 24.1 Å². The van der Waals surface area contributed by atoms with E-state index in [2.05, 4.69) is 10.1 Å². The summed E-state index contributed by atoms with van der Waals surface area (Å²) in [5.74, 6) is 0.896.